The molecule has 33 heavy (non-hydrogen) atoms. The Hall–Kier alpha value is -3.12. The second-order valence-electron chi connectivity index (χ2n) is 8.66. The van der Waals surface area contributed by atoms with Crippen LogP contribution < -0.4 is 10.1 Å². The highest BCUT2D eigenvalue weighted by molar-refractivity contribution is 9.10. The van der Waals surface area contributed by atoms with E-state index < -0.39 is 5.60 Å². The fourth-order valence-electron chi connectivity index (χ4n) is 3.47. The summed E-state index contributed by atoms with van der Waals surface area (Å²) in [4.78, 5) is 17.6. The molecule has 0 saturated carbocycles. The SMILES string of the molecule is CCC(C)c1ccc2oc(-c3cccc(NC(=O)C(C)(C)Oc4ccc(Br)cc4)c3)nc2c1. The number of aromatic nitrogens is 1. The molecular weight excluding hydrogens is 480 g/mol. The van der Waals surface area contributed by atoms with Crippen LogP contribution in [0.5, 0.6) is 5.75 Å². The van der Waals surface area contributed by atoms with Crippen molar-refractivity contribution in [2.75, 3.05) is 5.32 Å². The van der Waals surface area contributed by atoms with Gasteiger partial charge >= 0.3 is 0 Å². The third-order valence-electron chi connectivity index (χ3n) is 5.69. The average Bonchev–Trinajstić information content (AvgIpc) is 3.23. The number of ether oxygens (including phenoxy) is 1. The standard InChI is InChI=1S/C27H27BrN2O3/c1-5-17(2)18-9-14-24-23(16-18)30-25(32-24)19-7-6-8-21(15-19)29-26(31)27(3,4)33-22-12-10-20(28)11-13-22/h6-17H,5H2,1-4H3,(H,29,31). The normalized spacial score (nSPS) is 12.5. The zero-order valence-electron chi connectivity index (χ0n) is 19.2. The first-order chi connectivity index (χ1) is 15.7. The maximum absolute atomic E-state index is 12.9. The van der Waals surface area contributed by atoms with Gasteiger partial charge in [-0.05, 0) is 86.3 Å². The van der Waals surface area contributed by atoms with Crippen LogP contribution in [0.3, 0.4) is 0 Å². The Balaban J connectivity index is 1.52. The molecule has 0 radical (unpaired) electrons. The molecule has 0 bridgehead atoms. The number of amides is 1. The maximum Gasteiger partial charge on any atom is 0.267 e. The summed E-state index contributed by atoms with van der Waals surface area (Å²) in [5.74, 6) is 1.36. The predicted molar refractivity (Wildman–Crippen MR) is 136 cm³/mol. The van der Waals surface area contributed by atoms with E-state index in [2.05, 4.69) is 52.2 Å². The van der Waals surface area contributed by atoms with Crippen molar-refractivity contribution >= 4 is 38.6 Å². The largest absolute Gasteiger partial charge is 0.478 e. The molecule has 0 fully saturated rings. The Kier molecular flexibility index (Phi) is 6.56. The highest BCUT2D eigenvalue weighted by Crippen LogP contribution is 2.29. The number of anilines is 1. The van der Waals surface area contributed by atoms with Crippen LogP contribution in [0.15, 0.2) is 75.6 Å². The molecular formula is C27H27BrN2O3. The van der Waals surface area contributed by atoms with Crippen molar-refractivity contribution in [1.29, 1.82) is 0 Å². The molecule has 6 heteroatoms. The fourth-order valence-corrected chi connectivity index (χ4v) is 3.73. The van der Waals surface area contributed by atoms with Crippen molar-refractivity contribution in [3.63, 3.8) is 0 Å². The van der Waals surface area contributed by atoms with Gasteiger partial charge in [0.25, 0.3) is 5.91 Å². The third kappa shape index (κ3) is 5.28. The maximum atomic E-state index is 12.9. The van der Waals surface area contributed by atoms with E-state index in [1.807, 2.05) is 54.6 Å². The minimum Gasteiger partial charge on any atom is -0.478 e. The van der Waals surface area contributed by atoms with Gasteiger partial charge in [-0.15, -0.1) is 0 Å². The molecule has 0 aliphatic heterocycles. The highest BCUT2D eigenvalue weighted by Gasteiger charge is 2.30. The number of hydrogen-bond acceptors (Lipinski definition) is 4. The van der Waals surface area contributed by atoms with Crippen molar-refractivity contribution in [3.8, 4) is 17.2 Å². The zero-order valence-corrected chi connectivity index (χ0v) is 20.8. The van der Waals surface area contributed by atoms with E-state index in [1.54, 1.807) is 13.8 Å². The number of hydrogen-bond donors (Lipinski definition) is 1. The Bertz CT molecular complexity index is 1280. The number of fused-ring (bicyclic) bond motifs is 1. The second kappa shape index (κ2) is 9.40. The molecule has 4 aromatic rings. The van der Waals surface area contributed by atoms with Crippen LogP contribution in [-0.2, 0) is 4.79 Å². The number of nitrogens with one attached hydrogen (secondary N) is 1. The highest BCUT2D eigenvalue weighted by atomic mass is 79.9. The van der Waals surface area contributed by atoms with Gasteiger partial charge in [0.2, 0.25) is 5.89 Å². The molecule has 0 aliphatic rings. The molecule has 1 atom stereocenters. The zero-order chi connectivity index (χ0) is 23.6. The van der Waals surface area contributed by atoms with Crippen LogP contribution in [0.25, 0.3) is 22.6 Å². The van der Waals surface area contributed by atoms with Crippen molar-refractivity contribution in [1.82, 2.24) is 4.98 Å². The lowest BCUT2D eigenvalue weighted by atomic mass is 9.98. The van der Waals surface area contributed by atoms with Crippen LogP contribution >= 0.6 is 15.9 Å². The lowest BCUT2D eigenvalue weighted by Crippen LogP contribution is -2.42. The molecule has 1 heterocycles. The number of rotatable bonds is 7. The average molecular weight is 507 g/mol. The van der Waals surface area contributed by atoms with Crippen LogP contribution in [0.4, 0.5) is 5.69 Å². The summed E-state index contributed by atoms with van der Waals surface area (Å²) in [5.41, 5.74) is 3.21. The van der Waals surface area contributed by atoms with E-state index in [0.717, 1.165) is 27.6 Å². The number of carbonyl (C=O) groups excluding carboxylic acids is 1. The van der Waals surface area contributed by atoms with Gasteiger partial charge in [-0.25, -0.2) is 4.98 Å². The van der Waals surface area contributed by atoms with Gasteiger partial charge in [0.05, 0.1) is 0 Å². The van der Waals surface area contributed by atoms with Gasteiger partial charge < -0.3 is 14.5 Å². The Morgan fingerprint density at radius 3 is 2.61 bits per heavy atom. The van der Waals surface area contributed by atoms with E-state index in [1.165, 1.54) is 5.56 Å². The number of nitrogens with zero attached hydrogens (tertiary/aromatic N) is 1. The summed E-state index contributed by atoms with van der Waals surface area (Å²) < 4.78 is 12.9. The summed E-state index contributed by atoms with van der Waals surface area (Å²) in [6.07, 6.45) is 1.07. The van der Waals surface area contributed by atoms with E-state index >= 15 is 0 Å². The van der Waals surface area contributed by atoms with E-state index in [4.69, 9.17) is 9.15 Å². The predicted octanol–water partition coefficient (Wildman–Crippen LogP) is 7.57. The summed E-state index contributed by atoms with van der Waals surface area (Å²) in [5, 5.41) is 2.95. The summed E-state index contributed by atoms with van der Waals surface area (Å²) >= 11 is 3.40. The van der Waals surface area contributed by atoms with Gasteiger partial charge in [-0.1, -0.05) is 41.9 Å². The minimum atomic E-state index is -1.06. The molecule has 1 N–H and O–H groups in total. The molecule has 3 aromatic carbocycles. The van der Waals surface area contributed by atoms with Gasteiger partial charge in [0.15, 0.2) is 11.2 Å². The lowest BCUT2D eigenvalue weighted by molar-refractivity contribution is -0.128. The number of benzene rings is 3. The Morgan fingerprint density at radius 1 is 1.12 bits per heavy atom. The smallest absolute Gasteiger partial charge is 0.267 e. The Morgan fingerprint density at radius 2 is 1.88 bits per heavy atom. The lowest BCUT2D eigenvalue weighted by Gasteiger charge is -2.25. The molecule has 170 valence electrons. The molecule has 0 saturated heterocycles. The van der Waals surface area contributed by atoms with Crippen molar-refractivity contribution in [3.05, 3.63) is 76.8 Å². The van der Waals surface area contributed by atoms with E-state index in [0.29, 0.717) is 23.2 Å². The molecule has 1 aromatic heterocycles. The molecule has 0 spiro atoms. The van der Waals surface area contributed by atoms with Crippen LogP contribution in [0.2, 0.25) is 0 Å². The fraction of sp³-hybridized carbons (Fsp3) is 0.259. The molecule has 4 rings (SSSR count). The number of oxazole rings is 1. The molecule has 5 nitrogen and oxygen atoms in total. The molecule has 1 amide bonds. The van der Waals surface area contributed by atoms with Gasteiger partial charge in [0.1, 0.15) is 11.3 Å². The first kappa shape index (κ1) is 23.1. The van der Waals surface area contributed by atoms with Crippen molar-refractivity contribution in [2.45, 2.75) is 45.6 Å². The van der Waals surface area contributed by atoms with E-state index in [-0.39, 0.29) is 5.91 Å². The van der Waals surface area contributed by atoms with Crippen molar-refractivity contribution in [2.24, 2.45) is 0 Å². The first-order valence-corrected chi connectivity index (χ1v) is 11.8. The van der Waals surface area contributed by atoms with Gasteiger partial charge in [-0.2, -0.15) is 0 Å². The van der Waals surface area contributed by atoms with Gasteiger partial charge in [-0.3, -0.25) is 4.79 Å². The van der Waals surface area contributed by atoms with Crippen LogP contribution in [-0.4, -0.2) is 16.5 Å². The second-order valence-corrected chi connectivity index (χ2v) is 9.57. The van der Waals surface area contributed by atoms with Crippen LogP contribution in [0, 0.1) is 0 Å². The summed E-state index contributed by atoms with van der Waals surface area (Å²) in [6, 6.07) is 21.0. The van der Waals surface area contributed by atoms with Crippen LogP contribution in [0.1, 0.15) is 45.6 Å². The third-order valence-corrected chi connectivity index (χ3v) is 6.22. The Labute approximate surface area is 202 Å². The molecule has 1 unspecified atom stereocenters. The topological polar surface area (TPSA) is 64.4 Å². The number of halogens is 1. The van der Waals surface area contributed by atoms with E-state index in [9.17, 15) is 4.79 Å². The minimum absolute atomic E-state index is 0.252. The quantitative estimate of drug-likeness (QED) is 0.280. The monoisotopic (exact) mass is 506 g/mol. The van der Waals surface area contributed by atoms with Crippen molar-refractivity contribution < 1.29 is 13.9 Å². The number of carbonyl (C=O) groups is 1. The molecule has 0 aliphatic carbocycles. The van der Waals surface area contributed by atoms with Gasteiger partial charge in [0, 0.05) is 15.7 Å². The summed E-state index contributed by atoms with van der Waals surface area (Å²) in [6.45, 7) is 7.86. The first-order valence-electron chi connectivity index (χ1n) is 11.0. The summed E-state index contributed by atoms with van der Waals surface area (Å²) in [7, 11) is 0.